The maximum absolute atomic E-state index is 14.5. The summed E-state index contributed by atoms with van der Waals surface area (Å²) >= 11 is 0. The molecule has 0 radical (unpaired) electrons. The normalized spacial score (nSPS) is 13.7. The maximum Gasteiger partial charge on any atom is 0.408 e. The zero-order valence-electron chi connectivity index (χ0n) is 29.4. The van der Waals surface area contributed by atoms with E-state index in [0.717, 1.165) is 24.0 Å². The Kier molecular flexibility index (Phi) is 14.3. The first-order chi connectivity index (χ1) is 21.4. The van der Waals surface area contributed by atoms with Crippen LogP contribution in [0.2, 0.25) is 0 Å². The van der Waals surface area contributed by atoms with Gasteiger partial charge in [-0.1, -0.05) is 88.2 Å². The highest BCUT2D eigenvalue weighted by atomic mass is 16.6. The number of nitrogens with zero attached hydrogens (tertiary/aromatic N) is 1. The Balaban J connectivity index is 2.62. The number of hydrogen-bond acceptors (Lipinski definition) is 6. The van der Waals surface area contributed by atoms with Crippen molar-refractivity contribution < 1.29 is 28.7 Å². The Hall–Kier alpha value is -3.88. The van der Waals surface area contributed by atoms with E-state index >= 15 is 0 Å². The van der Waals surface area contributed by atoms with E-state index in [9.17, 15) is 19.2 Å². The molecule has 2 aromatic carbocycles. The van der Waals surface area contributed by atoms with E-state index in [0.29, 0.717) is 12.0 Å². The topological polar surface area (TPSA) is 114 Å². The van der Waals surface area contributed by atoms with Crippen LogP contribution in [0.5, 0.6) is 0 Å². The predicted molar refractivity (Wildman–Crippen MR) is 181 cm³/mol. The zero-order valence-corrected chi connectivity index (χ0v) is 29.4. The molecule has 0 bridgehead atoms. The number of alkyl carbamates (subject to hydrolysis) is 1. The van der Waals surface area contributed by atoms with Crippen LogP contribution in [0.4, 0.5) is 4.79 Å². The van der Waals surface area contributed by atoms with Crippen LogP contribution in [-0.4, -0.2) is 58.6 Å². The molecule has 46 heavy (non-hydrogen) atoms. The van der Waals surface area contributed by atoms with Gasteiger partial charge in [-0.05, 0) is 77.5 Å². The molecule has 254 valence electrons. The molecule has 2 rings (SSSR count). The van der Waals surface area contributed by atoms with Crippen LogP contribution in [0.1, 0.15) is 104 Å². The highest BCUT2D eigenvalue weighted by Crippen LogP contribution is 2.28. The molecule has 0 aliphatic heterocycles. The average Bonchev–Trinajstić information content (AvgIpc) is 2.94. The number of carbonyl (C=O) groups excluding carboxylic acids is 4. The van der Waals surface area contributed by atoms with Crippen molar-refractivity contribution in [3.8, 4) is 0 Å². The Morgan fingerprint density at radius 2 is 1.39 bits per heavy atom. The second-order valence-corrected chi connectivity index (χ2v) is 14.2. The van der Waals surface area contributed by atoms with Gasteiger partial charge in [0, 0.05) is 13.0 Å². The summed E-state index contributed by atoms with van der Waals surface area (Å²) in [6.45, 7) is 18.5. The van der Waals surface area contributed by atoms with Gasteiger partial charge in [-0.15, -0.1) is 0 Å². The molecule has 3 atom stereocenters. The first-order valence-electron chi connectivity index (χ1n) is 16.4. The molecule has 0 aliphatic carbocycles. The number of ether oxygens (including phenoxy) is 2. The molecule has 0 fully saturated rings. The van der Waals surface area contributed by atoms with Crippen LogP contribution in [0, 0.1) is 12.8 Å². The fourth-order valence-electron chi connectivity index (χ4n) is 5.04. The SMILES string of the molecule is CCCCCN(C(=O)C(NC(=O)OC(C)(C)C)C(C)C)C(C(=O)NC(Cc1ccccc1)C(=O)OC(C)(C)C)c1ccccc1C. The lowest BCUT2D eigenvalue weighted by molar-refractivity contribution is -0.159. The van der Waals surface area contributed by atoms with Crippen molar-refractivity contribution in [2.24, 2.45) is 5.92 Å². The minimum atomic E-state index is -1.08. The second kappa shape index (κ2) is 17.2. The van der Waals surface area contributed by atoms with Gasteiger partial charge in [-0.2, -0.15) is 0 Å². The number of esters is 1. The first kappa shape index (κ1) is 38.3. The quantitative estimate of drug-likeness (QED) is 0.177. The van der Waals surface area contributed by atoms with Gasteiger partial charge in [0.05, 0.1) is 0 Å². The van der Waals surface area contributed by atoms with Crippen LogP contribution >= 0.6 is 0 Å². The zero-order chi connectivity index (χ0) is 34.7. The minimum absolute atomic E-state index is 0.209. The number of hydrogen-bond donors (Lipinski definition) is 2. The Labute approximate surface area is 275 Å². The van der Waals surface area contributed by atoms with Crippen LogP contribution < -0.4 is 10.6 Å². The summed E-state index contributed by atoms with van der Waals surface area (Å²) in [5, 5.41) is 5.72. The molecule has 0 aromatic heterocycles. The molecule has 3 amide bonds. The standard InChI is InChI=1S/C37H55N3O6/c1-11-12-18-23-40(33(42)30(25(2)3)39-35(44)46-37(8,9)10)31(28-22-17-16-19-26(28)4)32(41)38-29(34(43)45-36(5,6)7)24-27-20-14-13-15-21-27/h13-17,19-22,25,29-31H,11-12,18,23-24H2,1-10H3,(H,38,41)(H,39,44). The van der Waals surface area contributed by atoms with Crippen molar-refractivity contribution >= 4 is 23.9 Å². The highest BCUT2D eigenvalue weighted by Gasteiger charge is 2.39. The lowest BCUT2D eigenvalue weighted by Gasteiger charge is -2.37. The fourth-order valence-corrected chi connectivity index (χ4v) is 5.04. The number of amides is 3. The number of carbonyl (C=O) groups is 4. The second-order valence-electron chi connectivity index (χ2n) is 14.2. The van der Waals surface area contributed by atoms with Crippen molar-refractivity contribution in [3.63, 3.8) is 0 Å². The van der Waals surface area contributed by atoms with Gasteiger partial charge in [0.1, 0.15) is 29.3 Å². The molecule has 0 heterocycles. The maximum atomic E-state index is 14.5. The summed E-state index contributed by atoms with van der Waals surface area (Å²) in [5.74, 6) is -1.78. The van der Waals surface area contributed by atoms with Gasteiger partial charge in [0.15, 0.2) is 0 Å². The lowest BCUT2D eigenvalue weighted by Crippen LogP contribution is -2.56. The van der Waals surface area contributed by atoms with Gasteiger partial charge in [-0.25, -0.2) is 9.59 Å². The van der Waals surface area contributed by atoms with E-state index in [1.807, 2.05) is 75.4 Å². The highest BCUT2D eigenvalue weighted by molar-refractivity contribution is 5.94. The van der Waals surface area contributed by atoms with Crippen LogP contribution in [0.15, 0.2) is 54.6 Å². The van der Waals surface area contributed by atoms with E-state index in [1.54, 1.807) is 46.4 Å². The summed E-state index contributed by atoms with van der Waals surface area (Å²) in [6.07, 6.45) is 1.89. The molecule has 0 saturated heterocycles. The van der Waals surface area contributed by atoms with Gasteiger partial charge >= 0.3 is 12.1 Å². The third kappa shape index (κ3) is 12.5. The van der Waals surface area contributed by atoms with Crippen LogP contribution in [0.3, 0.4) is 0 Å². The molecule has 0 aliphatic rings. The monoisotopic (exact) mass is 637 g/mol. The number of benzene rings is 2. The molecular formula is C37H55N3O6. The number of nitrogens with one attached hydrogen (secondary N) is 2. The average molecular weight is 638 g/mol. The summed E-state index contributed by atoms with van der Waals surface area (Å²) < 4.78 is 11.2. The van der Waals surface area contributed by atoms with Crippen LogP contribution in [0.25, 0.3) is 0 Å². The molecule has 2 N–H and O–H groups in total. The largest absolute Gasteiger partial charge is 0.458 e. The lowest BCUT2D eigenvalue weighted by atomic mass is 9.95. The fraction of sp³-hybridized carbons (Fsp3) is 0.568. The number of aryl methyl sites for hydroxylation is 1. The third-order valence-electron chi connectivity index (χ3n) is 7.22. The summed E-state index contributed by atoms with van der Waals surface area (Å²) in [5.41, 5.74) is 0.769. The van der Waals surface area contributed by atoms with Gasteiger partial charge in [0.2, 0.25) is 11.8 Å². The number of unbranched alkanes of at least 4 members (excludes halogenated alkanes) is 2. The molecule has 3 unspecified atom stereocenters. The van der Waals surface area contributed by atoms with E-state index in [1.165, 1.54) is 0 Å². The Bertz CT molecular complexity index is 1300. The molecule has 9 nitrogen and oxygen atoms in total. The summed E-state index contributed by atoms with van der Waals surface area (Å²) in [4.78, 5) is 56.9. The molecule has 2 aromatic rings. The molecule has 0 saturated carbocycles. The smallest absolute Gasteiger partial charge is 0.408 e. The Morgan fingerprint density at radius 3 is 1.93 bits per heavy atom. The van der Waals surface area contributed by atoms with Gasteiger partial charge < -0.3 is 25.0 Å². The van der Waals surface area contributed by atoms with Crippen molar-refractivity contribution in [3.05, 3.63) is 71.3 Å². The summed E-state index contributed by atoms with van der Waals surface area (Å²) in [6, 6.07) is 13.8. The predicted octanol–water partition coefficient (Wildman–Crippen LogP) is 6.67. The molecule has 0 spiro atoms. The molecule has 9 heteroatoms. The van der Waals surface area contributed by atoms with E-state index in [-0.39, 0.29) is 18.9 Å². The van der Waals surface area contributed by atoms with Crippen molar-refractivity contribution in [1.29, 1.82) is 0 Å². The van der Waals surface area contributed by atoms with Gasteiger partial charge in [0.25, 0.3) is 0 Å². The minimum Gasteiger partial charge on any atom is -0.458 e. The first-order valence-corrected chi connectivity index (χ1v) is 16.4. The van der Waals surface area contributed by atoms with E-state index in [2.05, 4.69) is 17.6 Å². The van der Waals surface area contributed by atoms with Crippen molar-refractivity contribution in [2.75, 3.05) is 6.54 Å². The number of rotatable bonds is 14. The van der Waals surface area contributed by atoms with E-state index < -0.39 is 53.2 Å². The third-order valence-corrected chi connectivity index (χ3v) is 7.22. The van der Waals surface area contributed by atoms with Gasteiger partial charge in [-0.3, -0.25) is 9.59 Å². The summed E-state index contributed by atoms with van der Waals surface area (Å²) in [7, 11) is 0. The van der Waals surface area contributed by atoms with Crippen LogP contribution in [-0.2, 0) is 30.3 Å². The Morgan fingerprint density at radius 1 is 0.804 bits per heavy atom. The van der Waals surface area contributed by atoms with Crippen molar-refractivity contribution in [2.45, 2.75) is 124 Å². The van der Waals surface area contributed by atoms with Crippen molar-refractivity contribution in [1.82, 2.24) is 15.5 Å². The van der Waals surface area contributed by atoms with E-state index in [4.69, 9.17) is 9.47 Å². The molecular weight excluding hydrogens is 582 g/mol.